The maximum Gasteiger partial charge on any atom is 0.174 e. The summed E-state index contributed by atoms with van der Waals surface area (Å²) < 4.78 is 0.951. The van der Waals surface area contributed by atoms with Gasteiger partial charge in [-0.2, -0.15) is 23.1 Å². The summed E-state index contributed by atoms with van der Waals surface area (Å²) in [5.74, 6) is 0.906. The molecule has 1 aromatic rings. The van der Waals surface area contributed by atoms with Crippen LogP contribution < -0.4 is 0 Å². The van der Waals surface area contributed by atoms with Gasteiger partial charge >= 0.3 is 0 Å². The van der Waals surface area contributed by atoms with E-state index in [0.717, 1.165) is 15.3 Å². The van der Waals surface area contributed by atoms with Crippen molar-refractivity contribution in [3.05, 3.63) is 20.8 Å². The average molecular weight is 319 g/mol. The van der Waals surface area contributed by atoms with E-state index < -0.39 is 0 Å². The highest BCUT2D eigenvalue weighted by Gasteiger charge is 2.17. The highest BCUT2D eigenvalue weighted by molar-refractivity contribution is 9.10. The third-order valence-corrected chi connectivity index (χ3v) is 5.99. The van der Waals surface area contributed by atoms with E-state index >= 15 is 0 Å². The first-order valence-corrected chi connectivity index (χ1v) is 8.42. The summed E-state index contributed by atoms with van der Waals surface area (Å²) >= 11 is 6.84. The van der Waals surface area contributed by atoms with Crippen LogP contribution in [0.1, 0.15) is 42.5 Å². The zero-order valence-corrected chi connectivity index (χ0v) is 12.3. The van der Waals surface area contributed by atoms with Crippen LogP contribution in [0.3, 0.4) is 0 Å². The second kappa shape index (κ2) is 6.22. The van der Waals surface area contributed by atoms with E-state index in [1.165, 1.54) is 32.1 Å². The second-order valence-electron chi connectivity index (χ2n) is 4.13. The molecule has 1 saturated carbocycles. The summed E-state index contributed by atoms with van der Waals surface area (Å²) in [6.07, 6.45) is 6.65. The minimum absolute atomic E-state index is 0.267. The number of carbonyl (C=O) groups is 1. The Morgan fingerprint density at radius 1 is 1.38 bits per heavy atom. The molecule has 0 N–H and O–H groups in total. The smallest absolute Gasteiger partial charge is 0.174 e. The van der Waals surface area contributed by atoms with E-state index in [1.54, 1.807) is 11.3 Å². The van der Waals surface area contributed by atoms with Gasteiger partial charge in [-0.05, 0) is 28.8 Å². The fraction of sp³-hybridized carbons (Fsp3) is 0.583. The van der Waals surface area contributed by atoms with Gasteiger partial charge in [-0.15, -0.1) is 0 Å². The molecule has 0 amide bonds. The van der Waals surface area contributed by atoms with Crippen molar-refractivity contribution < 1.29 is 4.79 Å². The van der Waals surface area contributed by atoms with E-state index in [9.17, 15) is 4.79 Å². The molecule has 0 spiro atoms. The van der Waals surface area contributed by atoms with Gasteiger partial charge in [-0.1, -0.05) is 19.3 Å². The van der Waals surface area contributed by atoms with Crippen molar-refractivity contribution in [1.82, 2.24) is 0 Å². The highest BCUT2D eigenvalue weighted by Crippen LogP contribution is 2.30. The monoisotopic (exact) mass is 318 g/mol. The van der Waals surface area contributed by atoms with Crippen molar-refractivity contribution in [2.24, 2.45) is 0 Å². The van der Waals surface area contributed by atoms with Crippen molar-refractivity contribution in [3.8, 4) is 0 Å². The van der Waals surface area contributed by atoms with Crippen molar-refractivity contribution in [1.29, 1.82) is 0 Å². The molecule has 1 fully saturated rings. The van der Waals surface area contributed by atoms with Crippen LogP contribution in [-0.2, 0) is 0 Å². The summed E-state index contributed by atoms with van der Waals surface area (Å²) in [5, 5.41) is 4.63. The Balaban J connectivity index is 1.81. The lowest BCUT2D eigenvalue weighted by Crippen LogP contribution is -2.12. The van der Waals surface area contributed by atoms with Crippen LogP contribution in [0.2, 0.25) is 0 Å². The fourth-order valence-electron chi connectivity index (χ4n) is 1.98. The van der Waals surface area contributed by atoms with E-state index in [0.29, 0.717) is 5.75 Å². The molecule has 1 heterocycles. The van der Waals surface area contributed by atoms with Gasteiger partial charge in [0.25, 0.3) is 0 Å². The first-order valence-electron chi connectivity index (χ1n) is 5.64. The molecule has 0 radical (unpaired) electrons. The molecule has 1 aliphatic rings. The lowest BCUT2D eigenvalue weighted by Gasteiger charge is -2.20. The molecule has 1 aromatic heterocycles. The maximum atomic E-state index is 11.9. The van der Waals surface area contributed by atoms with Crippen LogP contribution >= 0.6 is 39.0 Å². The van der Waals surface area contributed by atoms with Gasteiger partial charge in [0.2, 0.25) is 0 Å². The molecule has 0 aliphatic heterocycles. The molecule has 2 rings (SSSR count). The lowest BCUT2D eigenvalue weighted by atomic mass is 10.0. The van der Waals surface area contributed by atoms with Crippen LogP contribution in [0, 0.1) is 0 Å². The minimum atomic E-state index is 0.267. The topological polar surface area (TPSA) is 17.1 Å². The number of hydrogen-bond donors (Lipinski definition) is 0. The number of carbonyl (C=O) groups excluding carboxylic acids is 1. The van der Waals surface area contributed by atoms with Crippen molar-refractivity contribution in [2.45, 2.75) is 37.4 Å². The number of ketones is 1. The summed E-state index contributed by atoms with van der Waals surface area (Å²) in [4.78, 5) is 11.9. The molecular weight excluding hydrogens is 304 g/mol. The maximum absolute atomic E-state index is 11.9. The van der Waals surface area contributed by atoms with E-state index in [1.807, 2.05) is 22.5 Å². The molecule has 88 valence electrons. The number of halogens is 1. The number of thioether (sulfide) groups is 1. The minimum Gasteiger partial charge on any atom is -0.293 e. The SMILES string of the molecule is O=C(CSC1CCCCC1)c1cscc1Br. The molecule has 16 heavy (non-hydrogen) atoms. The summed E-state index contributed by atoms with van der Waals surface area (Å²) in [7, 11) is 0. The first kappa shape index (κ1) is 12.7. The van der Waals surface area contributed by atoms with Crippen LogP contribution in [0.4, 0.5) is 0 Å². The quantitative estimate of drug-likeness (QED) is 0.744. The van der Waals surface area contributed by atoms with Gasteiger partial charge in [0.1, 0.15) is 0 Å². The molecule has 0 unspecified atom stereocenters. The number of hydrogen-bond acceptors (Lipinski definition) is 3. The third-order valence-electron chi connectivity index (χ3n) is 2.92. The lowest BCUT2D eigenvalue weighted by molar-refractivity contribution is 0.102. The summed E-state index contributed by atoms with van der Waals surface area (Å²) in [6, 6.07) is 0. The average Bonchev–Trinajstić information content (AvgIpc) is 2.74. The fourth-order valence-corrected chi connectivity index (χ4v) is 4.71. The third kappa shape index (κ3) is 3.34. The van der Waals surface area contributed by atoms with Crippen LogP contribution in [0.25, 0.3) is 0 Å². The number of rotatable bonds is 4. The Bertz CT molecular complexity index is 356. The van der Waals surface area contributed by atoms with Crippen LogP contribution in [-0.4, -0.2) is 16.8 Å². The van der Waals surface area contributed by atoms with Crippen molar-refractivity contribution >= 4 is 44.8 Å². The van der Waals surface area contributed by atoms with Crippen molar-refractivity contribution in [2.75, 3.05) is 5.75 Å². The predicted octanol–water partition coefficient (Wildman–Crippen LogP) is 4.76. The Labute approximate surface area is 113 Å². The summed E-state index contributed by atoms with van der Waals surface area (Å²) in [5.41, 5.74) is 0.855. The standard InChI is InChI=1S/C12H15BrOS2/c13-11-7-15-6-10(11)12(14)8-16-9-4-2-1-3-5-9/h6-7,9H,1-5,8H2. The second-order valence-corrected chi connectivity index (χ2v) is 7.01. The molecule has 0 bridgehead atoms. The zero-order valence-electron chi connectivity index (χ0n) is 9.08. The van der Waals surface area contributed by atoms with Gasteiger partial charge < -0.3 is 0 Å². The molecule has 0 aromatic carbocycles. The Kier molecular flexibility index (Phi) is 4.92. The number of Topliss-reactive ketones (excluding diaryl/α,β-unsaturated/α-hetero) is 1. The number of thiophene rings is 1. The van der Waals surface area contributed by atoms with Gasteiger partial charge in [-0.3, -0.25) is 4.79 Å². The van der Waals surface area contributed by atoms with E-state index in [-0.39, 0.29) is 5.78 Å². The van der Waals surface area contributed by atoms with Gasteiger partial charge in [-0.25, -0.2) is 0 Å². The molecule has 1 nitrogen and oxygen atoms in total. The first-order chi connectivity index (χ1) is 7.77. The normalized spacial score (nSPS) is 17.6. The van der Waals surface area contributed by atoms with E-state index in [2.05, 4.69) is 15.9 Å². The largest absolute Gasteiger partial charge is 0.293 e. The van der Waals surface area contributed by atoms with Gasteiger partial charge in [0.15, 0.2) is 5.78 Å². The van der Waals surface area contributed by atoms with Crippen LogP contribution in [0.15, 0.2) is 15.2 Å². The Hall–Kier alpha value is 0.200. The Morgan fingerprint density at radius 2 is 2.12 bits per heavy atom. The molecule has 1 aliphatic carbocycles. The van der Waals surface area contributed by atoms with Crippen molar-refractivity contribution in [3.63, 3.8) is 0 Å². The molecule has 0 saturated heterocycles. The summed E-state index contributed by atoms with van der Waals surface area (Å²) in [6.45, 7) is 0. The van der Waals surface area contributed by atoms with Crippen LogP contribution in [0.5, 0.6) is 0 Å². The van der Waals surface area contributed by atoms with Gasteiger partial charge in [0.05, 0.1) is 5.75 Å². The highest BCUT2D eigenvalue weighted by atomic mass is 79.9. The van der Waals surface area contributed by atoms with Gasteiger partial charge in [0, 0.05) is 26.0 Å². The molecular formula is C12H15BrOS2. The molecule has 4 heteroatoms. The van der Waals surface area contributed by atoms with E-state index in [4.69, 9.17) is 0 Å². The zero-order chi connectivity index (χ0) is 11.4. The predicted molar refractivity (Wildman–Crippen MR) is 75.7 cm³/mol. The molecule has 0 atom stereocenters. The Morgan fingerprint density at radius 3 is 2.75 bits per heavy atom.